The molecule has 1 N–H and O–H groups in total. The Kier molecular flexibility index (Phi) is 4.62. The quantitative estimate of drug-likeness (QED) is 0.845. The van der Waals surface area contributed by atoms with Crippen molar-refractivity contribution in [1.29, 1.82) is 0 Å². The fraction of sp³-hybridized carbons (Fsp3) is 0.429. The van der Waals surface area contributed by atoms with Crippen LogP contribution in [0.1, 0.15) is 23.2 Å². The Balaban J connectivity index is 2.02. The van der Waals surface area contributed by atoms with E-state index in [1.54, 1.807) is 24.3 Å². The number of rotatable bonds is 4. The third-order valence-corrected chi connectivity index (χ3v) is 5.24. The predicted octanol–water partition coefficient (Wildman–Crippen LogP) is 1.24. The van der Waals surface area contributed by atoms with Gasteiger partial charge in [0.2, 0.25) is 5.91 Å². The highest BCUT2D eigenvalue weighted by molar-refractivity contribution is 7.91. The highest BCUT2D eigenvalue weighted by Gasteiger charge is 2.29. The minimum absolute atomic E-state index is 0.0546. The molecule has 0 aliphatic carbocycles. The van der Waals surface area contributed by atoms with E-state index < -0.39 is 15.8 Å². The number of methoxy groups -OCH3 is 1. The number of carbonyl (C=O) groups excluding carboxylic acids is 2. The van der Waals surface area contributed by atoms with Gasteiger partial charge in [-0.15, -0.1) is 0 Å². The van der Waals surface area contributed by atoms with Crippen molar-refractivity contribution in [2.24, 2.45) is 5.92 Å². The lowest BCUT2D eigenvalue weighted by Gasteiger charge is -2.11. The van der Waals surface area contributed by atoms with E-state index >= 15 is 0 Å². The van der Waals surface area contributed by atoms with Gasteiger partial charge in [-0.2, -0.15) is 0 Å². The summed E-state index contributed by atoms with van der Waals surface area (Å²) in [5, 5.41) is 2.65. The SMILES string of the molecule is COC(=O)c1ccccc1NC(=O)CC1CCS(=O)(=O)C1. The first-order valence-corrected chi connectivity index (χ1v) is 8.41. The summed E-state index contributed by atoms with van der Waals surface area (Å²) >= 11 is 0. The Hall–Kier alpha value is -1.89. The number of hydrogen-bond donors (Lipinski definition) is 1. The zero-order chi connectivity index (χ0) is 15.5. The van der Waals surface area contributed by atoms with Crippen LogP contribution in [0.5, 0.6) is 0 Å². The Labute approximate surface area is 123 Å². The smallest absolute Gasteiger partial charge is 0.339 e. The van der Waals surface area contributed by atoms with Gasteiger partial charge in [0, 0.05) is 6.42 Å². The lowest BCUT2D eigenvalue weighted by atomic mass is 10.0. The summed E-state index contributed by atoms with van der Waals surface area (Å²) in [7, 11) is -1.73. The summed E-state index contributed by atoms with van der Waals surface area (Å²) in [4.78, 5) is 23.6. The topological polar surface area (TPSA) is 89.5 Å². The lowest BCUT2D eigenvalue weighted by Crippen LogP contribution is -2.19. The van der Waals surface area contributed by atoms with Crippen LogP contribution in [-0.4, -0.2) is 38.9 Å². The maximum absolute atomic E-state index is 12.0. The maximum Gasteiger partial charge on any atom is 0.339 e. The van der Waals surface area contributed by atoms with Gasteiger partial charge < -0.3 is 10.1 Å². The summed E-state index contributed by atoms with van der Waals surface area (Å²) in [5.74, 6) is -0.786. The van der Waals surface area contributed by atoms with Crippen molar-refractivity contribution >= 4 is 27.4 Å². The molecule has 2 rings (SSSR count). The molecule has 0 bridgehead atoms. The second-order valence-electron chi connectivity index (χ2n) is 5.06. The van der Waals surface area contributed by atoms with E-state index in [9.17, 15) is 18.0 Å². The van der Waals surface area contributed by atoms with Crippen LogP contribution in [0.15, 0.2) is 24.3 Å². The molecular weight excluding hydrogens is 294 g/mol. The van der Waals surface area contributed by atoms with Gasteiger partial charge in [0.25, 0.3) is 0 Å². The molecule has 1 aromatic carbocycles. The number of esters is 1. The van der Waals surface area contributed by atoms with Crippen molar-refractivity contribution in [3.8, 4) is 0 Å². The zero-order valence-electron chi connectivity index (χ0n) is 11.7. The van der Waals surface area contributed by atoms with Crippen LogP contribution in [0.25, 0.3) is 0 Å². The number of para-hydroxylation sites is 1. The Morgan fingerprint density at radius 2 is 2.05 bits per heavy atom. The monoisotopic (exact) mass is 311 g/mol. The number of sulfone groups is 1. The van der Waals surface area contributed by atoms with Crippen LogP contribution >= 0.6 is 0 Å². The first kappa shape index (κ1) is 15.5. The number of benzene rings is 1. The van der Waals surface area contributed by atoms with Crippen LogP contribution in [-0.2, 0) is 19.4 Å². The van der Waals surface area contributed by atoms with E-state index in [1.165, 1.54) is 7.11 Å². The normalized spacial score (nSPS) is 20.0. The van der Waals surface area contributed by atoms with Crippen molar-refractivity contribution in [2.45, 2.75) is 12.8 Å². The molecule has 1 aromatic rings. The van der Waals surface area contributed by atoms with Crippen molar-refractivity contribution in [3.05, 3.63) is 29.8 Å². The summed E-state index contributed by atoms with van der Waals surface area (Å²) in [5.41, 5.74) is 0.641. The first-order chi connectivity index (χ1) is 9.91. The van der Waals surface area contributed by atoms with Gasteiger partial charge in [-0.25, -0.2) is 13.2 Å². The molecule has 0 spiro atoms. The highest BCUT2D eigenvalue weighted by Crippen LogP contribution is 2.23. The average molecular weight is 311 g/mol. The Morgan fingerprint density at radius 3 is 2.67 bits per heavy atom. The Bertz CT molecular complexity index is 653. The van der Waals surface area contributed by atoms with E-state index in [1.807, 2.05) is 0 Å². The summed E-state index contributed by atoms with van der Waals surface area (Å²) in [6.07, 6.45) is 0.642. The second-order valence-corrected chi connectivity index (χ2v) is 7.29. The van der Waals surface area contributed by atoms with E-state index in [0.29, 0.717) is 12.1 Å². The minimum Gasteiger partial charge on any atom is -0.465 e. The second kappa shape index (κ2) is 6.26. The van der Waals surface area contributed by atoms with Crippen LogP contribution in [0.2, 0.25) is 0 Å². The molecule has 1 unspecified atom stereocenters. The molecule has 0 radical (unpaired) electrons. The summed E-state index contributed by atoms with van der Waals surface area (Å²) < 4.78 is 27.4. The summed E-state index contributed by atoms with van der Waals surface area (Å²) in [6.45, 7) is 0. The molecule has 7 heteroatoms. The van der Waals surface area contributed by atoms with Crippen molar-refractivity contribution in [2.75, 3.05) is 23.9 Å². The molecule has 0 aromatic heterocycles. The van der Waals surface area contributed by atoms with E-state index in [4.69, 9.17) is 0 Å². The largest absolute Gasteiger partial charge is 0.465 e. The molecule has 0 saturated carbocycles. The molecule has 1 aliphatic rings. The van der Waals surface area contributed by atoms with Crippen LogP contribution < -0.4 is 5.32 Å². The molecule has 6 nitrogen and oxygen atoms in total. The predicted molar refractivity (Wildman–Crippen MR) is 77.8 cm³/mol. The lowest BCUT2D eigenvalue weighted by molar-refractivity contribution is -0.116. The van der Waals surface area contributed by atoms with Crippen LogP contribution in [0.3, 0.4) is 0 Å². The van der Waals surface area contributed by atoms with Gasteiger partial charge >= 0.3 is 5.97 Å². The zero-order valence-corrected chi connectivity index (χ0v) is 12.5. The van der Waals surface area contributed by atoms with Gasteiger partial charge in [-0.05, 0) is 24.5 Å². The van der Waals surface area contributed by atoms with Crippen LogP contribution in [0, 0.1) is 5.92 Å². The number of hydrogen-bond acceptors (Lipinski definition) is 5. The van der Waals surface area contributed by atoms with E-state index in [0.717, 1.165) is 0 Å². The van der Waals surface area contributed by atoms with E-state index in [-0.39, 0.29) is 35.3 Å². The third kappa shape index (κ3) is 4.04. The summed E-state index contributed by atoms with van der Waals surface area (Å²) in [6, 6.07) is 6.53. The molecule has 1 fully saturated rings. The fourth-order valence-corrected chi connectivity index (χ4v) is 4.24. The minimum atomic E-state index is -2.99. The van der Waals surface area contributed by atoms with Crippen molar-refractivity contribution in [3.63, 3.8) is 0 Å². The first-order valence-electron chi connectivity index (χ1n) is 6.59. The number of anilines is 1. The standard InChI is InChI=1S/C14H17NO5S/c1-20-14(17)11-4-2-3-5-12(11)15-13(16)8-10-6-7-21(18,19)9-10/h2-5,10H,6-9H2,1H3,(H,15,16). The molecular formula is C14H17NO5S. The van der Waals surface area contributed by atoms with Gasteiger partial charge in [0.1, 0.15) is 0 Å². The fourth-order valence-electron chi connectivity index (χ4n) is 2.38. The molecule has 1 amide bonds. The van der Waals surface area contributed by atoms with Gasteiger partial charge in [0.05, 0.1) is 29.9 Å². The van der Waals surface area contributed by atoms with Gasteiger partial charge in [-0.3, -0.25) is 4.79 Å². The highest BCUT2D eigenvalue weighted by atomic mass is 32.2. The number of ether oxygens (including phenoxy) is 1. The maximum atomic E-state index is 12.0. The third-order valence-electron chi connectivity index (χ3n) is 3.41. The molecule has 1 saturated heterocycles. The molecule has 1 heterocycles. The van der Waals surface area contributed by atoms with Crippen molar-refractivity contribution < 1.29 is 22.7 Å². The number of nitrogens with one attached hydrogen (secondary N) is 1. The molecule has 21 heavy (non-hydrogen) atoms. The molecule has 1 atom stereocenters. The average Bonchev–Trinajstić information content (AvgIpc) is 2.77. The van der Waals surface area contributed by atoms with E-state index in [2.05, 4.69) is 10.1 Å². The number of carbonyl (C=O) groups is 2. The van der Waals surface area contributed by atoms with Gasteiger partial charge in [0.15, 0.2) is 9.84 Å². The number of amides is 1. The van der Waals surface area contributed by atoms with Crippen LogP contribution in [0.4, 0.5) is 5.69 Å². The van der Waals surface area contributed by atoms with Gasteiger partial charge in [-0.1, -0.05) is 12.1 Å². The Morgan fingerprint density at radius 1 is 1.33 bits per heavy atom. The van der Waals surface area contributed by atoms with Crippen molar-refractivity contribution in [1.82, 2.24) is 0 Å². The molecule has 114 valence electrons. The molecule has 1 aliphatic heterocycles.